The zero-order chi connectivity index (χ0) is 21.2. The van der Waals surface area contributed by atoms with E-state index < -0.39 is 11.3 Å². The maximum absolute atomic E-state index is 12.8. The second kappa shape index (κ2) is 9.05. The van der Waals surface area contributed by atoms with Crippen molar-refractivity contribution in [2.45, 2.75) is 71.3 Å². The van der Waals surface area contributed by atoms with E-state index in [4.69, 9.17) is 23.2 Å². The normalized spacial score (nSPS) is 21.0. The van der Waals surface area contributed by atoms with Gasteiger partial charge >= 0.3 is 0 Å². The van der Waals surface area contributed by atoms with Crippen LogP contribution in [0.1, 0.15) is 75.8 Å². The lowest BCUT2D eigenvalue weighted by Crippen LogP contribution is -2.42. The van der Waals surface area contributed by atoms with Crippen LogP contribution in [0.3, 0.4) is 0 Å². The average molecular weight is 439 g/mol. The van der Waals surface area contributed by atoms with Crippen LogP contribution in [0.2, 0.25) is 10.0 Å². The molecule has 1 saturated carbocycles. The Balaban J connectivity index is 1.68. The van der Waals surface area contributed by atoms with E-state index in [-0.39, 0.29) is 24.1 Å². The summed E-state index contributed by atoms with van der Waals surface area (Å²) in [5, 5.41) is 6.11. The van der Waals surface area contributed by atoms with Crippen LogP contribution < -0.4 is 10.6 Å². The molecule has 7 heteroatoms. The minimum atomic E-state index is -0.540. The molecule has 1 heterocycles. The summed E-state index contributed by atoms with van der Waals surface area (Å²) in [7, 11) is 0. The number of hydrogen-bond acceptors (Lipinski definition) is 3. The van der Waals surface area contributed by atoms with Crippen molar-refractivity contribution >= 4 is 40.9 Å². The third kappa shape index (κ3) is 4.95. The number of halogens is 2. The Kier molecular flexibility index (Phi) is 6.90. The molecule has 5 nitrogen and oxygen atoms in total. The molecule has 1 aromatic rings. The monoisotopic (exact) mass is 438 g/mol. The number of rotatable bonds is 5. The van der Waals surface area contributed by atoms with Gasteiger partial charge in [-0.2, -0.15) is 0 Å². The number of hydrogen-bond donors (Lipinski definition) is 2. The fourth-order valence-corrected chi connectivity index (χ4v) is 5.26. The number of piperidine rings is 1. The molecule has 0 radical (unpaired) electrons. The second-order valence-electron chi connectivity index (χ2n) is 8.72. The highest BCUT2D eigenvalue weighted by atomic mass is 35.5. The summed E-state index contributed by atoms with van der Waals surface area (Å²) >= 11 is 12.9. The molecule has 1 saturated heterocycles. The third-order valence-corrected chi connectivity index (χ3v) is 7.02. The molecule has 2 fully saturated rings. The number of imide groups is 1. The molecule has 3 rings (SSSR count). The Labute approximate surface area is 181 Å². The third-order valence-electron chi connectivity index (χ3n) is 6.39. The summed E-state index contributed by atoms with van der Waals surface area (Å²) in [6.45, 7) is 4.36. The molecule has 0 bridgehead atoms. The van der Waals surface area contributed by atoms with E-state index in [2.05, 4.69) is 10.6 Å². The van der Waals surface area contributed by atoms with E-state index >= 15 is 0 Å². The Morgan fingerprint density at radius 3 is 2.31 bits per heavy atom. The summed E-state index contributed by atoms with van der Waals surface area (Å²) in [6, 6.07) is 3.47. The van der Waals surface area contributed by atoms with Gasteiger partial charge in [-0.15, -0.1) is 0 Å². The van der Waals surface area contributed by atoms with Gasteiger partial charge in [-0.05, 0) is 42.9 Å². The summed E-state index contributed by atoms with van der Waals surface area (Å²) in [4.78, 5) is 36.4. The maximum Gasteiger partial charge on any atom is 0.234 e. The van der Waals surface area contributed by atoms with Gasteiger partial charge < -0.3 is 5.32 Å². The van der Waals surface area contributed by atoms with Crippen LogP contribution in [-0.4, -0.2) is 17.7 Å². The SMILES string of the molecule is CC(C)(C(=O)NCc1cc(Cl)c(C2CCC(=O)NC2=O)c(Cl)c1)C1CCCCC1. The number of amides is 3. The summed E-state index contributed by atoms with van der Waals surface area (Å²) in [5.74, 6) is -0.760. The molecule has 158 valence electrons. The van der Waals surface area contributed by atoms with Gasteiger partial charge in [-0.1, -0.05) is 56.3 Å². The quantitative estimate of drug-likeness (QED) is 0.651. The zero-order valence-electron chi connectivity index (χ0n) is 16.9. The van der Waals surface area contributed by atoms with Gasteiger partial charge in [0, 0.05) is 34.0 Å². The molecule has 3 amide bonds. The molecular formula is C22H28Cl2N2O3. The predicted molar refractivity (Wildman–Crippen MR) is 114 cm³/mol. The van der Waals surface area contributed by atoms with Crippen molar-refractivity contribution < 1.29 is 14.4 Å². The lowest BCUT2D eigenvalue weighted by Gasteiger charge is -2.35. The van der Waals surface area contributed by atoms with Crippen molar-refractivity contribution in [3.8, 4) is 0 Å². The van der Waals surface area contributed by atoms with Crippen LogP contribution in [0.5, 0.6) is 0 Å². The topological polar surface area (TPSA) is 75.3 Å². The molecule has 0 aromatic heterocycles. The molecule has 1 aliphatic carbocycles. The van der Waals surface area contributed by atoms with E-state index in [1.165, 1.54) is 19.3 Å². The first-order valence-corrected chi connectivity index (χ1v) is 11.1. The highest BCUT2D eigenvalue weighted by molar-refractivity contribution is 6.36. The van der Waals surface area contributed by atoms with Gasteiger partial charge in [-0.25, -0.2) is 0 Å². The van der Waals surface area contributed by atoms with Gasteiger partial charge in [0.25, 0.3) is 0 Å². The smallest absolute Gasteiger partial charge is 0.234 e. The van der Waals surface area contributed by atoms with E-state index in [9.17, 15) is 14.4 Å². The van der Waals surface area contributed by atoms with Crippen molar-refractivity contribution in [3.05, 3.63) is 33.3 Å². The molecule has 1 unspecified atom stereocenters. The van der Waals surface area contributed by atoms with E-state index in [0.717, 1.165) is 18.4 Å². The van der Waals surface area contributed by atoms with Crippen LogP contribution in [-0.2, 0) is 20.9 Å². The van der Waals surface area contributed by atoms with Crippen LogP contribution in [0.15, 0.2) is 12.1 Å². The second-order valence-corrected chi connectivity index (χ2v) is 9.53. The Hall–Kier alpha value is -1.59. The average Bonchev–Trinajstić information content (AvgIpc) is 2.67. The van der Waals surface area contributed by atoms with E-state index in [1.807, 2.05) is 13.8 Å². The molecule has 1 aliphatic heterocycles. The molecule has 1 atom stereocenters. The van der Waals surface area contributed by atoms with Gasteiger partial charge in [0.05, 0.1) is 5.92 Å². The van der Waals surface area contributed by atoms with Crippen molar-refractivity contribution in [2.75, 3.05) is 0 Å². The standard InChI is InChI=1S/C22H28Cl2N2O3/c1-22(2,14-6-4-3-5-7-14)21(29)25-12-13-10-16(23)19(17(24)11-13)15-8-9-18(27)26-20(15)28/h10-11,14-15H,3-9,12H2,1-2H3,(H,25,29)(H,26,27,28). The van der Waals surface area contributed by atoms with Gasteiger partial charge in [-0.3, -0.25) is 19.7 Å². The van der Waals surface area contributed by atoms with Crippen molar-refractivity contribution in [1.82, 2.24) is 10.6 Å². The lowest BCUT2D eigenvalue weighted by molar-refractivity contribution is -0.134. The predicted octanol–water partition coefficient (Wildman–Crippen LogP) is 4.74. The highest BCUT2D eigenvalue weighted by Gasteiger charge is 2.37. The summed E-state index contributed by atoms with van der Waals surface area (Å²) in [5.41, 5.74) is 0.903. The molecule has 2 N–H and O–H groups in total. The first-order valence-electron chi connectivity index (χ1n) is 10.3. The zero-order valence-corrected chi connectivity index (χ0v) is 18.5. The number of benzene rings is 1. The maximum atomic E-state index is 12.8. The Morgan fingerprint density at radius 1 is 1.10 bits per heavy atom. The summed E-state index contributed by atoms with van der Waals surface area (Å²) in [6.07, 6.45) is 6.47. The largest absolute Gasteiger partial charge is 0.352 e. The molecular weight excluding hydrogens is 411 g/mol. The molecule has 0 spiro atoms. The number of carbonyl (C=O) groups is 3. The minimum absolute atomic E-state index is 0.0332. The molecule has 29 heavy (non-hydrogen) atoms. The lowest BCUT2D eigenvalue weighted by atomic mass is 9.70. The molecule has 2 aliphatic rings. The van der Waals surface area contributed by atoms with E-state index in [1.54, 1.807) is 12.1 Å². The Morgan fingerprint density at radius 2 is 1.72 bits per heavy atom. The van der Waals surface area contributed by atoms with Crippen molar-refractivity contribution in [3.63, 3.8) is 0 Å². The van der Waals surface area contributed by atoms with Gasteiger partial charge in [0.2, 0.25) is 17.7 Å². The van der Waals surface area contributed by atoms with Crippen LogP contribution >= 0.6 is 23.2 Å². The fourth-order valence-electron chi connectivity index (χ4n) is 4.46. The van der Waals surface area contributed by atoms with Crippen LogP contribution in [0.25, 0.3) is 0 Å². The minimum Gasteiger partial charge on any atom is -0.352 e. The van der Waals surface area contributed by atoms with Gasteiger partial charge in [0.1, 0.15) is 0 Å². The van der Waals surface area contributed by atoms with Crippen LogP contribution in [0, 0.1) is 11.3 Å². The number of carbonyl (C=O) groups excluding carboxylic acids is 3. The first kappa shape index (κ1) is 22.1. The van der Waals surface area contributed by atoms with Crippen LogP contribution in [0.4, 0.5) is 0 Å². The first-order chi connectivity index (χ1) is 13.7. The van der Waals surface area contributed by atoms with Gasteiger partial charge in [0.15, 0.2) is 0 Å². The van der Waals surface area contributed by atoms with Crippen molar-refractivity contribution in [2.24, 2.45) is 11.3 Å². The summed E-state index contributed by atoms with van der Waals surface area (Å²) < 4.78 is 0. The van der Waals surface area contributed by atoms with Crippen molar-refractivity contribution in [1.29, 1.82) is 0 Å². The number of nitrogens with one attached hydrogen (secondary N) is 2. The van der Waals surface area contributed by atoms with E-state index in [0.29, 0.717) is 34.5 Å². The molecule has 1 aromatic carbocycles. The highest BCUT2D eigenvalue weighted by Crippen LogP contribution is 2.39. The Bertz CT molecular complexity index is 793. The fraction of sp³-hybridized carbons (Fsp3) is 0.591.